The molecule has 0 bridgehead atoms. The maximum absolute atomic E-state index is 13.4. The van der Waals surface area contributed by atoms with Crippen LogP contribution in [0.5, 0.6) is 11.5 Å². The van der Waals surface area contributed by atoms with Crippen LogP contribution >= 0.6 is 11.3 Å². The van der Waals surface area contributed by atoms with Crippen molar-refractivity contribution < 1.29 is 22.7 Å². The van der Waals surface area contributed by atoms with E-state index in [2.05, 4.69) is 4.90 Å². The number of carbonyl (C=O) groups is 1. The highest BCUT2D eigenvalue weighted by Crippen LogP contribution is 2.34. The van der Waals surface area contributed by atoms with Crippen molar-refractivity contribution >= 4 is 42.4 Å². The fourth-order valence-corrected chi connectivity index (χ4v) is 5.43. The van der Waals surface area contributed by atoms with Gasteiger partial charge >= 0.3 is 0 Å². The molecule has 2 heterocycles. The highest BCUT2D eigenvalue weighted by atomic mass is 32.2. The summed E-state index contributed by atoms with van der Waals surface area (Å²) < 4.78 is 36.4. The minimum Gasteiger partial charge on any atom is -0.494 e. The Kier molecular flexibility index (Phi) is 6.49. The summed E-state index contributed by atoms with van der Waals surface area (Å²) >= 11 is 1.60. The third-order valence-electron chi connectivity index (χ3n) is 5.40. The van der Waals surface area contributed by atoms with Gasteiger partial charge in [0, 0.05) is 32.4 Å². The van der Waals surface area contributed by atoms with Crippen LogP contribution in [-0.4, -0.2) is 69.9 Å². The summed E-state index contributed by atoms with van der Waals surface area (Å²) in [6, 6.07) is 10.3. The Labute approximate surface area is 197 Å². The summed E-state index contributed by atoms with van der Waals surface area (Å²) in [6.45, 7) is 5.97. The first-order chi connectivity index (χ1) is 15.7. The number of aromatic nitrogens is 1. The highest BCUT2D eigenvalue weighted by Gasteiger charge is 2.27. The van der Waals surface area contributed by atoms with E-state index in [9.17, 15) is 13.2 Å². The lowest BCUT2D eigenvalue weighted by atomic mass is 10.1. The van der Waals surface area contributed by atoms with E-state index in [4.69, 9.17) is 14.5 Å². The lowest BCUT2D eigenvalue weighted by Crippen LogP contribution is -2.48. The predicted molar refractivity (Wildman–Crippen MR) is 130 cm³/mol. The predicted octanol–water partition coefficient (Wildman–Crippen LogP) is 3.46. The number of hydrogen-bond acceptors (Lipinski definition) is 8. The molecule has 0 saturated carbocycles. The third kappa shape index (κ3) is 4.91. The number of hydrogen-bond donors (Lipinski definition) is 0. The molecule has 4 rings (SSSR count). The number of thiazole rings is 1. The second-order valence-corrected chi connectivity index (χ2v) is 11.2. The van der Waals surface area contributed by atoms with Crippen molar-refractivity contribution in [2.75, 3.05) is 44.4 Å². The number of methoxy groups -OCH3 is 1. The summed E-state index contributed by atoms with van der Waals surface area (Å²) in [5, 5.41) is 0.893. The van der Waals surface area contributed by atoms with Crippen LogP contribution in [-0.2, 0) is 9.84 Å². The van der Waals surface area contributed by atoms with Gasteiger partial charge in [-0.25, -0.2) is 13.4 Å². The maximum atomic E-state index is 13.4. The van der Waals surface area contributed by atoms with Crippen molar-refractivity contribution in [3.63, 3.8) is 0 Å². The van der Waals surface area contributed by atoms with Gasteiger partial charge in [0.25, 0.3) is 5.91 Å². The molecular formula is C23H27N3O5S2. The molecule has 1 fully saturated rings. The van der Waals surface area contributed by atoms with E-state index in [0.29, 0.717) is 31.9 Å². The Morgan fingerprint density at radius 1 is 1.09 bits per heavy atom. The summed E-state index contributed by atoms with van der Waals surface area (Å²) in [4.78, 5) is 22.1. The normalized spacial score (nSPS) is 14.7. The molecule has 10 heteroatoms. The van der Waals surface area contributed by atoms with Crippen LogP contribution in [0.3, 0.4) is 0 Å². The van der Waals surface area contributed by atoms with Gasteiger partial charge in [0.15, 0.2) is 15.0 Å². The van der Waals surface area contributed by atoms with Gasteiger partial charge in [-0.05, 0) is 44.2 Å². The Morgan fingerprint density at radius 3 is 2.45 bits per heavy atom. The fraction of sp³-hybridized carbons (Fsp3) is 0.391. The molecule has 1 amide bonds. The van der Waals surface area contributed by atoms with E-state index in [0.717, 1.165) is 27.4 Å². The zero-order valence-electron chi connectivity index (χ0n) is 19.1. The van der Waals surface area contributed by atoms with E-state index < -0.39 is 9.84 Å². The molecule has 0 atom stereocenters. The van der Waals surface area contributed by atoms with Gasteiger partial charge in [0.05, 0.1) is 28.4 Å². The molecule has 0 radical (unpaired) electrons. The van der Waals surface area contributed by atoms with Crippen molar-refractivity contribution in [3.05, 3.63) is 42.0 Å². The van der Waals surface area contributed by atoms with Crippen molar-refractivity contribution in [3.8, 4) is 11.5 Å². The van der Waals surface area contributed by atoms with Gasteiger partial charge in [0.2, 0.25) is 0 Å². The van der Waals surface area contributed by atoms with E-state index >= 15 is 0 Å². The molecule has 2 aromatic carbocycles. The van der Waals surface area contributed by atoms with Crippen molar-refractivity contribution in [2.24, 2.45) is 0 Å². The molecule has 1 saturated heterocycles. The molecule has 1 aliphatic rings. The van der Waals surface area contributed by atoms with E-state index in [1.807, 2.05) is 32.0 Å². The fourth-order valence-electron chi connectivity index (χ4n) is 3.75. The number of fused-ring (bicyclic) bond motifs is 1. The molecule has 0 N–H and O–H groups in total. The number of sulfone groups is 1. The van der Waals surface area contributed by atoms with E-state index in [1.165, 1.54) is 12.1 Å². The summed E-state index contributed by atoms with van der Waals surface area (Å²) in [5.41, 5.74) is 1.11. The maximum Gasteiger partial charge on any atom is 0.257 e. The Balaban J connectivity index is 1.54. The van der Waals surface area contributed by atoms with Gasteiger partial charge in [-0.3, -0.25) is 4.79 Å². The van der Waals surface area contributed by atoms with Crippen molar-refractivity contribution in [1.82, 2.24) is 9.88 Å². The molecule has 176 valence electrons. The zero-order chi connectivity index (χ0) is 23.8. The Bertz CT molecular complexity index is 1280. The minimum absolute atomic E-state index is 0.101. The topological polar surface area (TPSA) is 89.0 Å². The van der Waals surface area contributed by atoms with Crippen molar-refractivity contribution in [2.45, 2.75) is 24.8 Å². The SMILES string of the molecule is COc1cccc2sc(N3CCN(C(=O)c4cc(S(C)(=O)=O)ccc4OC(C)C)CC3)nc12. The summed E-state index contributed by atoms with van der Waals surface area (Å²) in [7, 11) is -1.82. The molecule has 1 aromatic heterocycles. The van der Waals surface area contributed by atoms with Crippen molar-refractivity contribution in [1.29, 1.82) is 0 Å². The number of benzene rings is 2. The van der Waals surface area contributed by atoms with Crippen LogP contribution in [0.2, 0.25) is 0 Å². The largest absolute Gasteiger partial charge is 0.494 e. The Morgan fingerprint density at radius 2 is 1.82 bits per heavy atom. The van der Waals surface area contributed by atoms with Crippen LogP contribution in [0, 0.1) is 0 Å². The molecular weight excluding hydrogens is 462 g/mol. The number of nitrogens with zero attached hydrogens (tertiary/aromatic N) is 3. The molecule has 0 aliphatic carbocycles. The first-order valence-corrected chi connectivity index (χ1v) is 13.4. The molecule has 8 nitrogen and oxygen atoms in total. The van der Waals surface area contributed by atoms with Gasteiger partial charge < -0.3 is 19.3 Å². The van der Waals surface area contributed by atoms with Crippen LogP contribution in [0.4, 0.5) is 5.13 Å². The summed E-state index contributed by atoms with van der Waals surface area (Å²) in [6.07, 6.45) is 0.985. The van der Waals surface area contributed by atoms with E-state index in [1.54, 1.807) is 29.4 Å². The van der Waals surface area contributed by atoms with Crippen LogP contribution in [0.25, 0.3) is 10.2 Å². The first-order valence-electron chi connectivity index (χ1n) is 10.7. The average molecular weight is 490 g/mol. The molecule has 3 aromatic rings. The second kappa shape index (κ2) is 9.18. The monoisotopic (exact) mass is 489 g/mol. The molecule has 0 spiro atoms. The van der Waals surface area contributed by atoms with Gasteiger partial charge in [-0.15, -0.1) is 0 Å². The molecule has 0 unspecified atom stereocenters. The lowest BCUT2D eigenvalue weighted by molar-refractivity contribution is 0.0740. The Hall–Kier alpha value is -2.85. The molecule has 33 heavy (non-hydrogen) atoms. The number of ether oxygens (including phenoxy) is 2. The number of piperazine rings is 1. The number of amides is 1. The molecule has 1 aliphatic heterocycles. The standard InChI is InChI=1S/C23H27N3O5S2/c1-15(2)31-18-9-8-16(33(4,28)29)14-17(18)22(27)25-10-12-26(13-11-25)23-24-21-19(30-3)6-5-7-20(21)32-23/h5-9,14-15H,10-13H2,1-4H3. The van der Waals surface area contributed by atoms with Gasteiger partial charge in [0.1, 0.15) is 17.0 Å². The average Bonchev–Trinajstić information content (AvgIpc) is 3.22. The number of anilines is 1. The zero-order valence-corrected chi connectivity index (χ0v) is 20.7. The number of carbonyl (C=O) groups excluding carboxylic acids is 1. The summed E-state index contributed by atoms with van der Waals surface area (Å²) in [5.74, 6) is 0.900. The van der Waals surface area contributed by atoms with Gasteiger partial charge in [-0.2, -0.15) is 0 Å². The van der Waals surface area contributed by atoms with Crippen LogP contribution in [0.1, 0.15) is 24.2 Å². The van der Waals surface area contributed by atoms with E-state index in [-0.39, 0.29) is 22.5 Å². The van der Waals surface area contributed by atoms with Crippen LogP contribution < -0.4 is 14.4 Å². The highest BCUT2D eigenvalue weighted by molar-refractivity contribution is 7.90. The lowest BCUT2D eigenvalue weighted by Gasteiger charge is -2.35. The van der Waals surface area contributed by atoms with Gasteiger partial charge in [-0.1, -0.05) is 17.4 Å². The minimum atomic E-state index is -3.45. The third-order valence-corrected chi connectivity index (χ3v) is 7.59. The second-order valence-electron chi connectivity index (χ2n) is 8.18. The first kappa shape index (κ1) is 23.3. The number of rotatable bonds is 6. The number of para-hydroxylation sites is 1. The van der Waals surface area contributed by atoms with Crippen LogP contribution in [0.15, 0.2) is 41.3 Å². The quantitative estimate of drug-likeness (QED) is 0.524. The smallest absolute Gasteiger partial charge is 0.257 e.